The number of aliphatic imine (C=N–C) groups is 1. The molecule has 1 aliphatic rings. The van der Waals surface area contributed by atoms with Crippen molar-refractivity contribution in [1.82, 2.24) is 4.90 Å². The molecule has 0 unspecified atom stereocenters. The maximum absolute atomic E-state index is 4.69. The van der Waals surface area contributed by atoms with Crippen molar-refractivity contribution in [2.24, 2.45) is 4.99 Å². The largest absolute Gasteiger partial charge is 0.333 e. The van der Waals surface area contributed by atoms with E-state index in [1.165, 1.54) is 11.3 Å². The van der Waals surface area contributed by atoms with Crippen molar-refractivity contribution >= 4 is 23.3 Å². The molecule has 0 spiro atoms. The fraction of sp³-hybridized carbons (Fsp3) is 0.118. The molecule has 0 saturated carbocycles. The molecule has 0 saturated heterocycles. The van der Waals surface area contributed by atoms with Gasteiger partial charge in [0.1, 0.15) is 5.84 Å². The monoisotopic (exact) mass is 248 g/mol. The van der Waals surface area contributed by atoms with Crippen molar-refractivity contribution in [2.75, 3.05) is 7.05 Å². The normalized spacial score (nSPS) is 14.3. The predicted octanol–water partition coefficient (Wildman–Crippen LogP) is 4.18. The standard InChI is InChI=1S/C17H16N2/c1-13-18-16-11-7-6-10-15(16)12-17(19(13)2)14-8-4-3-5-9-14/h3-12H,1-2H3. The van der Waals surface area contributed by atoms with E-state index in [1.807, 2.05) is 25.1 Å². The lowest BCUT2D eigenvalue weighted by Gasteiger charge is -2.21. The van der Waals surface area contributed by atoms with Crippen molar-refractivity contribution in [2.45, 2.75) is 6.92 Å². The molecule has 2 aromatic rings. The van der Waals surface area contributed by atoms with E-state index in [2.05, 4.69) is 59.4 Å². The number of nitrogens with zero attached hydrogens (tertiary/aromatic N) is 2. The first-order chi connectivity index (χ1) is 9.25. The summed E-state index contributed by atoms with van der Waals surface area (Å²) in [5, 5.41) is 0. The number of rotatable bonds is 1. The van der Waals surface area contributed by atoms with Crippen LogP contribution in [0.2, 0.25) is 0 Å². The smallest absolute Gasteiger partial charge is 0.106 e. The van der Waals surface area contributed by atoms with Crippen LogP contribution in [0.25, 0.3) is 11.8 Å². The average molecular weight is 248 g/mol. The van der Waals surface area contributed by atoms with Crippen LogP contribution in [0.15, 0.2) is 59.6 Å². The molecule has 0 aliphatic carbocycles. The summed E-state index contributed by atoms with van der Waals surface area (Å²) in [5.74, 6) is 1.00. The molecule has 0 bridgehead atoms. The molecule has 19 heavy (non-hydrogen) atoms. The third kappa shape index (κ3) is 2.17. The minimum absolute atomic E-state index is 1.00. The zero-order valence-corrected chi connectivity index (χ0v) is 11.2. The van der Waals surface area contributed by atoms with Gasteiger partial charge in [-0.05, 0) is 24.6 Å². The number of para-hydroxylation sites is 1. The van der Waals surface area contributed by atoms with Crippen LogP contribution in [0, 0.1) is 0 Å². The summed E-state index contributed by atoms with van der Waals surface area (Å²) < 4.78 is 0. The molecule has 94 valence electrons. The minimum Gasteiger partial charge on any atom is -0.333 e. The molecule has 2 heteroatoms. The lowest BCUT2D eigenvalue weighted by Crippen LogP contribution is -2.21. The van der Waals surface area contributed by atoms with Crippen molar-refractivity contribution in [3.8, 4) is 0 Å². The van der Waals surface area contributed by atoms with E-state index in [0.717, 1.165) is 17.1 Å². The molecule has 0 atom stereocenters. The third-order valence-electron chi connectivity index (χ3n) is 3.43. The third-order valence-corrected chi connectivity index (χ3v) is 3.43. The molecule has 0 fully saturated rings. The van der Waals surface area contributed by atoms with Gasteiger partial charge in [0.25, 0.3) is 0 Å². The number of benzene rings is 2. The summed E-state index contributed by atoms with van der Waals surface area (Å²) in [4.78, 5) is 6.82. The molecule has 1 aliphatic heterocycles. The van der Waals surface area contributed by atoms with Crippen LogP contribution in [0.3, 0.4) is 0 Å². The Kier molecular flexibility index (Phi) is 2.92. The van der Waals surface area contributed by atoms with Gasteiger partial charge in [0.15, 0.2) is 0 Å². The molecule has 2 aromatic carbocycles. The molecule has 0 radical (unpaired) electrons. The molecule has 2 nitrogen and oxygen atoms in total. The highest BCUT2D eigenvalue weighted by Crippen LogP contribution is 2.30. The van der Waals surface area contributed by atoms with Crippen LogP contribution in [0.4, 0.5) is 5.69 Å². The summed E-state index contributed by atoms with van der Waals surface area (Å²) in [6.45, 7) is 2.04. The van der Waals surface area contributed by atoms with Gasteiger partial charge in [-0.15, -0.1) is 0 Å². The molecule has 1 heterocycles. The first-order valence-electron chi connectivity index (χ1n) is 6.41. The second-order valence-corrected chi connectivity index (χ2v) is 4.67. The molecular weight excluding hydrogens is 232 g/mol. The van der Waals surface area contributed by atoms with E-state index < -0.39 is 0 Å². The second-order valence-electron chi connectivity index (χ2n) is 4.67. The SMILES string of the molecule is CC1=Nc2ccccc2C=C(c2ccccc2)N1C. The Hall–Kier alpha value is -2.35. The zero-order chi connectivity index (χ0) is 13.2. The van der Waals surface area contributed by atoms with E-state index in [1.54, 1.807) is 0 Å². The molecule has 0 amide bonds. The Morgan fingerprint density at radius 2 is 1.58 bits per heavy atom. The first kappa shape index (κ1) is 11.7. The van der Waals surface area contributed by atoms with Gasteiger partial charge in [-0.2, -0.15) is 0 Å². The average Bonchev–Trinajstić information content (AvgIpc) is 2.58. The Balaban J connectivity index is 2.20. The fourth-order valence-electron chi connectivity index (χ4n) is 2.27. The summed E-state index contributed by atoms with van der Waals surface area (Å²) in [6, 6.07) is 18.7. The van der Waals surface area contributed by atoms with Gasteiger partial charge in [0.2, 0.25) is 0 Å². The van der Waals surface area contributed by atoms with Crippen LogP contribution in [0.5, 0.6) is 0 Å². The molecule has 0 aromatic heterocycles. The lowest BCUT2D eigenvalue weighted by atomic mass is 10.1. The molecule has 0 N–H and O–H groups in total. The van der Waals surface area contributed by atoms with E-state index in [9.17, 15) is 0 Å². The number of hydrogen-bond donors (Lipinski definition) is 0. The summed E-state index contributed by atoms with van der Waals surface area (Å²) in [5.41, 5.74) is 4.56. The van der Waals surface area contributed by atoms with Gasteiger partial charge < -0.3 is 4.90 Å². The van der Waals surface area contributed by atoms with E-state index in [4.69, 9.17) is 0 Å². The highest BCUT2D eigenvalue weighted by Gasteiger charge is 2.14. The van der Waals surface area contributed by atoms with Gasteiger partial charge >= 0.3 is 0 Å². The topological polar surface area (TPSA) is 15.6 Å². The predicted molar refractivity (Wildman–Crippen MR) is 81.3 cm³/mol. The van der Waals surface area contributed by atoms with E-state index in [-0.39, 0.29) is 0 Å². The maximum Gasteiger partial charge on any atom is 0.106 e. The van der Waals surface area contributed by atoms with Crippen molar-refractivity contribution in [3.63, 3.8) is 0 Å². The number of fused-ring (bicyclic) bond motifs is 1. The Morgan fingerprint density at radius 3 is 2.37 bits per heavy atom. The fourth-order valence-corrected chi connectivity index (χ4v) is 2.27. The number of amidine groups is 1. The van der Waals surface area contributed by atoms with Crippen LogP contribution in [-0.2, 0) is 0 Å². The second kappa shape index (κ2) is 4.73. The zero-order valence-electron chi connectivity index (χ0n) is 11.2. The van der Waals surface area contributed by atoms with Gasteiger partial charge in [0.05, 0.1) is 5.69 Å². The summed E-state index contributed by atoms with van der Waals surface area (Å²) in [7, 11) is 2.06. The van der Waals surface area contributed by atoms with Gasteiger partial charge in [0, 0.05) is 18.3 Å². The quantitative estimate of drug-likeness (QED) is 0.739. The van der Waals surface area contributed by atoms with Crippen LogP contribution in [0.1, 0.15) is 18.1 Å². The number of hydrogen-bond acceptors (Lipinski definition) is 2. The van der Waals surface area contributed by atoms with E-state index >= 15 is 0 Å². The minimum atomic E-state index is 1.00. The highest BCUT2D eigenvalue weighted by atomic mass is 15.2. The molecule has 3 rings (SSSR count). The van der Waals surface area contributed by atoms with Crippen LogP contribution >= 0.6 is 0 Å². The van der Waals surface area contributed by atoms with Gasteiger partial charge in [-0.25, -0.2) is 4.99 Å². The van der Waals surface area contributed by atoms with Crippen molar-refractivity contribution < 1.29 is 0 Å². The molecular formula is C17H16N2. The van der Waals surface area contributed by atoms with Gasteiger partial charge in [-0.3, -0.25) is 0 Å². The van der Waals surface area contributed by atoms with Crippen LogP contribution < -0.4 is 0 Å². The van der Waals surface area contributed by atoms with Crippen molar-refractivity contribution in [3.05, 3.63) is 65.7 Å². The van der Waals surface area contributed by atoms with Crippen LogP contribution in [-0.4, -0.2) is 17.8 Å². The lowest BCUT2D eigenvalue weighted by molar-refractivity contribution is 0.718. The van der Waals surface area contributed by atoms with Crippen molar-refractivity contribution in [1.29, 1.82) is 0 Å². The summed E-state index contributed by atoms with van der Waals surface area (Å²) in [6.07, 6.45) is 2.20. The Labute approximate surface area is 113 Å². The first-order valence-corrected chi connectivity index (χ1v) is 6.41. The highest BCUT2D eigenvalue weighted by molar-refractivity contribution is 5.98. The Morgan fingerprint density at radius 1 is 0.895 bits per heavy atom. The van der Waals surface area contributed by atoms with Gasteiger partial charge in [-0.1, -0.05) is 48.5 Å². The summed E-state index contributed by atoms with van der Waals surface area (Å²) >= 11 is 0. The maximum atomic E-state index is 4.69. The Bertz CT molecular complexity index is 654. The van der Waals surface area contributed by atoms with E-state index in [0.29, 0.717) is 0 Å².